The molecule has 0 spiro atoms. The average Bonchev–Trinajstić information content (AvgIpc) is 3.00. The SMILES string of the molecule is CC(C)(CN1CCOCC1)c1nc(Cc2ccccc2Cl)no1. The van der Waals surface area contributed by atoms with Crippen LogP contribution in [0.4, 0.5) is 0 Å². The van der Waals surface area contributed by atoms with Crippen LogP contribution in [-0.4, -0.2) is 47.9 Å². The monoisotopic (exact) mass is 335 g/mol. The van der Waals surface area contributed by atoms with Crippen LogP contribution in [0.1, 0.15) is 31.1 Å². The number of aromatic nitrogens is 2. The third-order valence-corrected chi connectivity index (χ3v) is 4.44. The van der Waals surface area contributed by atoms with Gasteiger partial charge in [-0.05, 0) is 25.5 Å². The van der Waals surface area contributed by atoms with E-state index in [9.17, 15) is 0 Å². The molecule has 0 N–H and O–H groups in total. The van der Waals surface area contributed by atoms with Gasteiger partial charge in [0.25, 0.3) is 0 Å². The molecule has 6 heteroatoms. The van der Waals surface area contributed by atoms with Crippen molar-refractivity contribution in [1.29, 1.82) is 0 Å². The maximum atomic E-state index is 6.20. The first-order valence-electron chi connectivity index (χ1n) is 7.91. The molecule has 2 aromatic rings. The standard InChI is InChI=1S/C17H22ClN3O2/c1-17(2,12-21-7-9-22-10-8-21)16-19-15(20-23-16)11-13-5-3-4-6-14(13)18/h3-6H,7-12H2,1-2H3. The summed E-state index contributed by atoms with van der Waals surface area (Å²) >= 11 is 6.20. The lowest BCUT2D eigenvalue weighted by molar-refractivity contribution is 0.0269. The smallest absolute Gasteiger partial charge is 0.233 e. The molecule has 0 atom stereocenters. The minimum atomic E-state index is -0.191. The topological polar surface area (TPSA) is 51.4 Å². The summed E-state index contributed by atoms with van der Waals surface area (Å²) in [4.78, 5) is 6.97. The molecule has 0 amide bonds. The van der Waals surface area contributed by atoms with Crippen LogP contribution in [0.2, 0.25) is 5.02 Å². The lowest BCUT2D eigenvalue weighted by Gasteiger charge is -2.32. The number of nitrogens with zero attached hydrogens (tertiary/aromatic N) is 3. The van der Waals surface area contributed by atoms with Gasteiger partial charge >= 0.3 is 0 Å². The second-order valence-electron chi connectivity index (χ2n) is 6.56. The van der Waals surface area contributed by atoms with Crippen LogP contribution < -0.4 is 0 Å². The highest BCUT2D eigenvalue weighted by Gasteiger charge is 2.30. The van der Waals surface area contributed by atoms with E-state index in [1.807, 2.05) is 24.3 Å². The lowest BCUT2D eigenvalue weighted by Crippen LogP contribution is -2.43. The Labute approximate surface area is 141 Å². The first-order chi connectivity index (χ1) is 11.0. The summed E-state index contributed by atoms with van der Waals surface area (Å²) in [6.45, 7) is 8.62. The zero-order chi connectivity index (χ0) is 16.3. The van der Waals surface area contributed by atoms with Gasteiger partial charge in [-0.1, -0.05) is 35.0 Å². The third-order valence-electron chi connectivity index (χ3n) is 4.08. The van der Waals surface area contributed by atoms with Gasteiger partial charge < -0.3 is 9.26 Å². The Balaban J connectivity index is 1.69. The van der Waals surface area contributed by atoms with E-state index in [2.05, 4.69) is 28.9 Å². The van der Waals surface area contributed by atoms with Crippen LogP contribution in [0, 0.1) is 0 Å². The highest BCUT2D eigenvalue weighted by Crippen LogP contribution is 2.24. The number of halogens is 1. The van der Waals surface area contributed by atoms with Crippen molar-refractivity contribution in [3.05, 3.63) is 46.6 Å². The van der Waals surface area contributed by atoms with Gasteiger partial charge in [-0.15, -0.1) is 0 Å². The molecule has 0 radical (unpaired) electrons. The molecular formula is C17H22ClN3O2. The van der Waals surface area contributed by atoms with Crippen LogP contribution in [0.3, 0.4) is 0 Å². The quantitative estimate of drug-likeness (QED) is 0.841. The van der Waals surface area contributed by atoms with E-state index < -0.39 is 0 Å². The van der Waals surface area contributed by atoms with Crippen molar-refractivity contribution in [3.8, 4) is 0 Å². The Morgan fingerprint density at radius 3 is 2.70 bits per heavy atom. The predicted molar refractivity (Wildman–Crippen MR) is 88.8 cm³/mol. The summed E-state index contributed by atoms with van der Waals surface area (Å²) in [6.07, 6.45) is 0.580. The summed E-state index contributed by atoms with van der Waals surface area (Å²) in [7, 11) is 0. The third kappa shape index (κ3) is 4.10. The van der Waals surface area contributed by atoms with Gasteiger partial charge in [0.1, 0.15) is 0 Å². The maximum absolute atomic E-state index is 6.20. The van der Waals surface area contributed by atoms with Crippen LogP contribution in [-0.2, 0) is 16.6 Å². The Morgan fingerprint density at radius 1 is 1.22 bits per heavy atom. The molecular weight excluding hydrogens is 314 g/mol. The Kier molecular flexibility index (Phi) is 4.99. The normalized spacial score (nSPS) is 16.7. The zero-order valence-electron chi connectivity index (χ0n) is 13.6. The summed E-state index contributed by atoms with van der Waals surface area (Å²) in [6, 6.07) is 7.74. The maximum Gasteiger partial charge on any atom is 0.233 e. The average molecular weight is 336 g/mol. The molecule has 1 fully saturated rings. The van der Waals surface area contributed by atoms with E-state index in [0.717, 1.165) is 43.4 Å². The van der Waals surface area contributed by atoms with Crippen molar-refractivity contribution in [3.63, 3.8) is 0 Å². The first-order valence-corrected chi connectivity index (χ1v) is 8.29. The van der Waals surface area contributed by atoms with Gasteiger partial charge in [-0.25, -0.2) is 0 Å². The Bertz CT molecular complexity index is 651. The molecule has 0 bridgehead atoms. The molecule has 3 rings (SSSR count). The fourth-order valence-corrected chi connectivity index (χ4v) is 3.00. The summed E-state index contributed by atoms with van der Waals surface area (Å²) in [5, 5.41) is 4.85. The molecule has 1 aliphatic heterocycles. The minimum Gasteiger partial charge on any atom is -0.379 e. The molecule has 5 nitrogen and oxygen atoms in total. The van der Waals surface area contributed by atoms with Gasteiger partial charge in [0.2, 0.25) is 5.89 Å². The van der Waals surface area contributed by atoms with Crippen LogP contribution in [0.5, 0.6) is 0 Å². The van der Waals surface area contributed by atoms with Crippen molar-refractivity contribution >= 4 is 11.6 Å². The van der Waals surface area contributed by atoms with Crippen LogP contribution in [0.15, 0.2) is 28.8 Å². The van der Waals surface area contributed by atoms with Gasteiger partial charge in [0, 0.05) is 31.1 Å². The molecule has 2 heterocycles. The van der Waals surface area contributed by atoms with E-state index in [1.165, 1.54) is 0 Å². The largest absolute Gasteiger partial charge is 0.379 e. The lowest BCUT2D eigenvalue weighted by atomic mass is 9.92. The van der Waals surface area contributed by atoms with E-state index in [0.29, 0.717) is 18.1 Å². The highest BCUT2D eigenvalue weighted by molar-refractivity contribution is 6.31. The van der Waals surface area contributed by atoms with Gasteiger partial charge in [-0.2, -0.15) is 4.98 Å². The molecule has 0 unspecified atom stereocenters. The molecule has 0 aliphatic carbocycles. The van der Waals surface area contributed by atoms with Crippen LogP contribution >= 0.6 is 11.6 Å². The summed E-state index contributed by atoms with van der Waals surface area (Å²) in [5.74, 6) is 1.34. The number of hydrogen-bond acceptors (Lipinski definition) is 5. The minimum absolute atomic E-state index is 0.191. The van der Waals surface area contributed by atoms with Gasteiger partial charge in [0.15, 0.2) is 5.82 Å². The summed E-state index contributed by atoms with van der Waals surface area (Å²) in [5.41, 5.74) is 0.816. The number of ether oxygens (including phenoxy) is 1. The Morgan fingerprint density at radius 2 is 1.96 bits per heavy atom. The van der Waals surface area contributed by atoms with Crippen molar-refractivity contribution in [2.75, 3.05) is 32.8 Å². The molecule has 23 heavy (non-hydrogen) atoms. The van der Waals surface area contributed by atoms with E-state index in [-0.39, 0.29) is 5.41 Å². The van der Waals surface area contributed by atoms with Gasteiger partial charge in [-0.3, -0.25) is 4.90 Å². The molecule has 1 aromatic heterocycles. The highest BCUT2D eigenvalue weighted by atomic mass is 35.5. The molecule has 0 saturated carbocycles. The Hall–Kier alpha value is -1.43. The van der Waals surface area contributed by atoms with Crippen molar-refractivity contribution in [2.45, 2.75) is 25.7 Å². The second-order valence-corrected chi connectivity index (χ2v) is 6.96. The van der Waals surface area contributed by atoms with Crippen molar-refractivity contribution in [1.82, 2.24) is 15.0 Å². The molecule has 1 saturated heterocycles. The predicted octanol–water partition coefficient (Wildman–Crippen LogP) is 2.92. The summed E-state index contributed by atoms with van der Waals surface area (Å²) < 4.78 is 10.9. The number of morpholine rings is 1. The van der Waals surface area contributed by atoms with Crippen molar-refractivity contribution < 1.29 is 9.26 Å². The number of hydrogen-bond donors (Lipinski definition) is 0. The molecule has 124 valence electrons. The van der Waals surface area contributed by atoms with E-state index in [1.54, 1.807) is 0 Å². The van der Waals surface area contributed by atoms with E-state index >= 15 is 0 Å². The number of benzene rings is 1. The number of rotatable bonds is 5. The second kappa shape index (κ2) is 6.99. The van der Waals surface area contributed by atoms with Crippen molar-refractivity contribution in [2.24, 2.45) is 0 Å². The first kappa shape index (κ1) is 16.4. The fourth-order valence-electron chi connectivity index (χ4n) is 2.80. The van der Waals surface area contributed by atoms with E-state index in [4.69, 9.17) is 20.9 Å². The molecule has 1 aromatic carbocycles. The van der Waals surface area contributed by atoms with Crippen LogP contribution in [0.25, 0.3) is 0 Å². The zero-order valence-corrected chi connectivity index (χ0v) is 14.3. The molecule has 1 aliphatic rings. The van der Waals surface area contributed by atoms with Gasteiger partial charge in [0.05, 0.1) is 18.6 Å². The fraction of sp³-hybridized carbons (Fsp3) is 0.529.